The summed E-state index contributed by atoms with van der Waals surface area (Å²) in [6.07, 6.45) is 8.12. The van der Waals surface area contributed by atoms with E-state index in [4.69, 9.17) is 5.73 Å². The van der Waals surface area contributed by atoms with Crippen LogP contribution in [0.3, 0.4) is 0 Å². The van der Waals surface area contributed by atoms with E-state index < -0.39 is 0 Å². The Morgan fingerprint density at radius 1 is 1.07 bits per heavy atom. The first kappa shape index (κ1) is 11.4. The van der Waals surface area contributed by atoms with Gasteiger partial charge >= 0.3 is 0 Å². The zero-order valence-corrected chi connectivity index (χ0v) is 10.4. The van der Waals surface area contributed by atoms with Crippen LogP contribution in [0.1, 0.15) is 52.4 Å². The van der Waals surface area contributed by atoms with E-state index in [1.54, 1.807) is 0 Å². The molecule has 2 nitrogen and oxygen atoms in total. The molecule has 2 N–H and O–H groups in total. The highest BCUT2D eigenvalue weighted by atomic mass is 15.3. The van der Waals surface area contributed by atoms with Gasteiger partial charge in [-0.2, -0.15) is 0 Å². The van der Waals surface area contributed by atoms with Gasteiger partial charge in [-0.05, 0) is 31.1 Å². The first-order valence-electron chi connectivity index (χ1n) is 6.65. The molecule has 0 aromatic heterocycles. The maximum absolute atomic E-state index is 6.01. The second-order valence-corrected chi connectivity index (χ2v) is 5.70. The van der Waals surface area contributed by atoms with Crippen LogP contribution in [0.5, 0.6) is 0 Å². The van der Waals surface area contributed by atoms with E-state index >= 15 is 0 Å². The smallest absolute Gasteiger partial charge is 0.0332 e. The summed E-state index contributed by atoms with van der Waals surface area (Å²) in [6.45, 7) is 8.15. The third-order valence-corrected chi connectivity index (χ3v) is 5.14. The lowest BCUT2D eigenvalue weighted by Gasteiger charge is -2.57. The number of nitrogens with two attached hydrogens (primary N) is 1. The molecule has 88 valence electrons. The Morgan fingerprint density at radius 3 is 2.00 bits per heavy atom. The van der Waals surface area contributed by atoms with Gasteiger partial charge in [0.25, 0.3) is 0 Å². The van der Waals surface area contributed by atoms with E-state index in [2.05, 4.69) is 18.7 Å². The zero-order chi connectivity index (χ0) is 10.9. The monoisotopic (exact) mass is 210 g/mol. The van der Waals surface area contributed by atoms with Crippen LogP contribution in [0.15, 0.2) is 0 Å². The molecular formula is C13H26N2. The second kappa shape index (κ2) is 4.06. The van der Waals surface area contributed by atoms with Crippen LogP contribution in [-0.4, -0.2) is 30.1 Å². The summed E-state index contributed by atoms with van der Waals surface area (Å²) in [5.41, 5.74) is 7.04. The van der Waals surface area contributed by atoms with Crippen molar-refractivity contribution in [2.45, 2.75) is 57.9 Å². The van der Waals surface area contributed by atoms with Crippen molar-refractivity contribution in [2.75, 3.05) is 19.6 Å². The molecule has 0 radical (unpaired) electrons. The average molecular weight is 210 g/mol. The Balaban J connectivity index is 1.97. The molecule has 1 heterocycles. The molecular weight excluding hydrogens is 184 g/mol. The minimum Gasteiger partial charge on any atom is -0.329 e. The lowest BCUT2D eigenvalue weighted by molar-refractivity contribution is -0.0779. The summed E-state index contributed by atoms with van der Waals surface area (Å²) in [4.78, 5) is 2.69. The van der Waals surface area contributed by atoms with Crippen molar-refractivity contribution in [3.63, 3.8) is 0 Å². The standard InChI is InChI=1S/C13H26N2/c1-3-12(4-2)10-15(11-12)13(9-14)7-5-6-8-13/h3-11,14H2,1-2H3. The van der Waals surface area contributed by atoms with Gasteiger partial charge in [0.15, 0.2) is 0 Å². The number of nitrogens with zero attached hydrogens (tertiary/aromatic N) is 1. The topological polar surface area (TPSA) is 29.3 Å². The number of likely N-dealkylation sites (tertiary alicyclic amines) is 1. The summed E-state index contributed by atoms with van der Waals surface area (Å²) in [5, 5.41) is 0. The van der Waals surface area contributed by atoms with Gasteiger partial charge in [-0.25, -0.2) is 0 Å². The molecule has 1 saturated heterocycles. The summed E-state index contributed by atoms with van der Waals surface area (Å²) < 4.78 is 0. The molecule has 1 aliphatic heterocycles. The maximum atomic E-state index is 6.01. The predicted octanol–water partition coefficient (Wildman–Crippen LogP) is 2.38. The Morgan fingerprint density at radius 2 is 1.60 bits per heavy atom. The minimum atomic E-state index is 0.397. The van der Waals surface area contributed by atoms with E-state index in [0.717, 1.165) is 6.54 Å². The first-order chi connectivity index (χ1) is 7.20. The Hall–Kier alpha value is -0.0800. The quantitative estimate of drug-likeness (QED) is 0.772. The van der Waals surface area contributed by atoms with Crippen molar-refractivity contribution < 1.29 is 0 Å². The zero-order valence-electron chi connectivity index (χ0n) is 10.4. The number of rotatable bonds is 4. The summed E-state index contributed by atoms with van der Waals surface area (Å²) in [5.74, 6) is 0. The Bertz CT molecular complexity index is 207. The summed E-state index contributed by atoms with van der Waals surface area (Å²) >= 11 is 0. The first-order valence-corrected chi connectivity index (χ1v) is 6.65. The van der Waals surface area contributed by atoms with Crippen molar-refractivity contribution in [2.24, 2.45) is 11.1 Å². The van der Waals surface area contributed by atoms with Gasteiger partial charge < -0.3 is 5.73 Å². The molecule has 0 atom stereocenters. The molecule has 0 aromatic carbocycles. The van der Waals surface area contributed by atoms with Gasteiger partial charge in [-0.1, -0.05) is 26.7 Å². The van der Waals surface area contributed by atoms with Crippen LogP contribution >= 0.6 is 0 Å². The average Bonchev–Trinajstić information content (AvgIpc) is 2.68. The van der Waals surface area contributed by atoms with E-state index in [0.29, 0.717) is 11.0 Å². The molecule has 1 saturated carbocycles. The molecule has 0 unspecified atom stereocenters. The second-order valence-electron chi connectivity index (χ2n) is 5.70. The van der Waals surface area contributed by atoms with Crippen molar-refractivity contribution in [3.8, 4) is 0 Å². The minimum absolute atomic E-state index is 0.397. The summed E-state index contributed by atoms with van der Waals surface area (Å²) in [6, 6.07) is 0. The number of hydrogen-bond acceptors (Lipinski definition) is 2. The predicted molar refractivity (Wildman–Crippen MR) is 64.8 cm³/mol. The molecule has 1 aliphatic carbocycles. The molecule has 2 fully saturated rings. The molecule has 15 heavy (non-hydrogen) atoms. The van der Waals surface area contributed by atoms with Gasteiger partial charge in [-0.3, -0.25) is 4.90 Å². The highest BCUT2D eigenvalue weighted by Gasteiger charge is 2.49. The van der Waals surface area contributed by atoms with Gasteiger partial charge in [-0.15, -0.1) is 0 Å². The van der Waals surface area contributed by atoms with Gasteiger partial charge in [0.1, 0.15) is 0 Å². The molecule has 2 aliphatic rings. The molecule has 0 spiro atoms. The summed E-state index contributed by atoms with van der Waals surface area (Å²) in [7, 11) is 0. The van der Waals surface area contributed by atoms with Crippen LogP contribution in [0.4, 0.5) is 0 Å². The fraction of sp³-hybridized carbons (Fsp3) is 1.00. The fourth-order valence-electron chi connectivity index (χ4n) is 3.48. The molecule has 2 rings (SSSR count). The van der Waals surface area contributed by atoms with Gasteiger partial charge in [0.2, 0.25) is 0 Å². The van der Waals surface area contributed by atoms with Crippen LogP contribution in [0.2, 0.25) is 0 Å². The van der Waals surface area contributed by atoms with Crippen LogP contribution in [0.25, 0.3) is 0 Å². The van der Waals surface area contributed by atoms with E-state index in [1.165, 1.54) is 51.6 Å². The van der Waals surface area contributed by atoms with E-state index in [-0.39, 0.29) is 0 Å². The molecule has 0 amide bonds. The SMILES string of the molecule is CCC1(CC)CN(C2(CN)CCCC2)C1. The van der Waals surface area contributed by atoms with E-state index in [1.807, 2.05) is 0 Å². The van der Waals surface area contributed by atoms with Crippen molar-refractivity contribution in [1.82, 2.24) is 4.90 Å². The van der Waals surface area contributed by atoms with Crippen LogP contribution < -0.4 is 5.73 Å². The van der Waals surface area contributed by atoms with Crippen molar-refractivity contribution in [1.29, 1.82) is 0 Å². The maximum Gasteiger partial charge on any atom is 0.0332 e. The Labute approximate surface area is 94.2 Å². The van der Waals surface area contributed by atoms with Gasteiger partial charge in [0, 0.05) is 25.2 Å². The highest BCUT2D eigenvalue weighted by Crippen LogP contribution is 2.45. The van der Waals surface area contributed by atoms with Crippen molar-refractivity contribution >= 4 is 0 Å². The number of hydrogen-bond donors (Lipinski definition) is 1. The third kappa shape index (κ3) is 1.72. The largest absolute Gasteiger partial charge is 0.329 e. The molecule has 2 heteroatoms. The van der Waals surface area contributed by atoms with Crippen molar-refractivity contribution in [3.05, 3.63) is 0 Å². The fourth-order valence-corrected chi connectivity index (χ4v) is 3.48. The Kier molecular flexibility index (Phi) is 3.09. The van der Waals surface area contributed by atoms with Gasteiger partial charge in [0.05, 0.1) is 0 Å². The molecule has 0 bridgehead atoms. The van der Waals surface area contributed by atoms with E-state index in [9.17, 15) is 0 Å². The lowest BCUT2D eigenvalue weighted by Crippen LogP contribution is -2.66. The lowest BCUT2D eigenvalue weighted by atomic mass is 9.72. The highest BCUT2D eigenvalue weighted by molar-refractivity contribution is 5.05. The normalized spacial score (nSPS) is 29.0. The third-order valence-electron chi connectivity index (χ3n) is 5.14. The van der Waals surface area contributed by atoms with Crippen LogP contribution in [-0.2, 0) is 0 Å². The van der Waals surface area contributed by atoms with Crippen LogP contribution in [0, 0.1) is 5.41 Å². The molecule has 0 aromatic rings.